The summed E-state index contributed by atoms with van der Waals surface area (Å²) in [7, 11) is 5.05. The first-order valence-electron chi connectivity index (χ1n) is 10.8. The summed E-state index contributed by atoms with van der Waals surface area (Å²) in [6.45, 7) is 1.45. The summed E-state index contributed by atoms with van der Waals surface area (Å²) in [5.41, 5.74) is 3.19. The molecule has 1 aliphatic rings. The highest BCUT2D eigenvalue weighted by molar-refractivity contribution is 7.99. The Morgan fingerprint density at radius 3 is 2.52 bits per heavy atom. The van der Waals surface area contributed by atoms with Gasteiger partial charge in [0.1, 0.15) is 0 Å². The van der Waals surface area contributed by atoms with E-state index < -0.39 is 0 Å². The van der Waals surface area contributed by atoms with Crippen molar-refractivity contribution in [3.8, 4) is 11.5 Å². The third-order valence-electron chi connectivity index (χ3n) is 5.69. The lowest BCUT2D eigenvalue weighted by molar-refractivity contribution is -0.129. The van der Waals surface area contributed by atoms with Crippen molar-refractivity contribution in [3.63, 3.8) is 0 Å². The molecule has 0 atom stereocenters. The number of anilines is 2. The number of ether oxygens (including phenoxy) is 2. The normalized spacial score (nSPS) is 12.1. The van der Waals surface area contributed by atoms with Gasteiger partial charge in [-0.25, -0.2) is 0 Å². The Hall–Kier alpha value is -2.83. The van der Waals surface area contributed by atoms with Crippen LogP contribution in [0.3, 0.4) is 0 Å². The van der Waals surface area contributed by atoms with Crippen LogP contribution in [0, 0.1) is 0 Å². The number of para-hydroxylation sites is 1. The van der Waals surface area contributed by atoms with E-state index in [2.05, 4.69) is 35.2 Å². The molecule has 33 heavy (non-hydrogen) atoms. The van der Waals surface area contributed by atoms with Gasteiger partial charge >= 0.3 is 0 Å². The number of hydrogen-bond donors (Lipinski definition) is 0. The van der Waals surface area contributed by atoms with Crippen LogP contribution in [0.1, 0.15) is 12.0 Å². The van der Waals surface area contributed by atoms with Gasteiger partial charge in [0.15, 0.2) is 11.5 Å². The summed E-state index contributed by atoms with van der Waals surface area (Å²) in [5, 5.41) is 0.723. The third kappa shape index (κ3) is 5.23. The minimum absolute atomic E-state index is 0.0697. The van der Waals surface area contributed by atoms with E-state index in [4.69, 9.17) is 21.1 Å². The van der Waals surface area contributed by atoms with Crippen molar-refractivity contribution in [2.75, 3.05) is 39.3 Å². The maximum atomic E-state index is 12.8. The largest absolute Gasteiger partial charge is 0.493 e. The van der Waals surface area contributed by atoms with Gasteiger partial charge in [0.25, 0.3) is 0 Å². The highest BCUT2D eigenvalue weighted by atomic mass is 35.5. The fourth-order valence-corrected chi connectivity index (χ4v) is 5.18. The Morgan fingerprint density at radius 1 is 0.970 bits per heavy atom. The molecular formula is C26H27ClN2O3S. The molecule has 0 bridgehead atoms. The van der Waals surface area contributed by atoms with Crippen LogP contribution >= 0.6 is 23.4 Å². The first kappa shape index (κ1) is 23.3. The summed E-state index contributed by atoms with van der Waals surface area (Å²) in [6.07, 6.45) is 1.15. The number of fused-ring (bicyclic) bond motifs is 2. The fourth-order valence-electron chi connectivity index (χ4n) is 3.93. The highest BCUT2D eigenvalue weighted by Crippen LogP contribution is 2.48. The number of benzene rings is 3. The third-order valence-corrected chi connectivity index (χ3v) is 7.06. The second-order valence-corrected chi connectivity index (χ2v) is 9.39. The molecule has 0 aromatic heterocycles. The predicted molar refractivity (Wildman–Crippen MR) is 135 cm³/mol. The number of carbonyl (C=O) groups excluding carboxylic acids is 1. The molecule has 1 heterocycles. The van der Waals surface area contributed by atoms with Crippen molar-refractivity contribution in [3.05, 3.63) is 71.2 Å². The Morgan fingerprint density at radius 2 is 1.73 bits per heavy atom. The van der Waals surface area contributed by atoms with Crippen LogP contribution in [-0.2, 0) is 11.2 Å². The summed E-state index contributed by atoms with van der Waals surface area (Å²) in [5.74, 6) is 1.35. The van der Waals surface area contributed by atoms with E-state index in [0.717, 1.165) is 29.2 Å². The average Bonchev–Trinajstić information content (AvgIpc) is 2.83. The van der Waals surface area contributed by atoms with Crippen LogP contribution in [0.25, 0.3) is 0 Å². The number of hydrogen-bond acceptors (Lipinski definition) is 5. The Labute approximate surface area is 204 Å². The van der Waals surface area contributed by atoms with Gasteiger partial charge in [-0.3, -0.25) is 4.79 Å². The van der Waals surface area contributed by atoms with Crippen LogP contribution in [0.5, 0.6) is 11.5 Å². The van der Waals surface area contributed by atoms with Gasteiger partial charge in [-0.1, -0.05) is 41.6 Å². The van der Waals surface area contributed by atoms with Gasteiger partial charge < -0.3 is 19.3 Å². The SMILES string of the molecule is COc1ccc(CC(=O)N(C)CCCN2c3ccccc3Sc3ccc(Cl)cc32)cc1OC. The zero-order valence-corrected chi connectivity index (χ0v) is 20.6. The fraction of sp³-hybridized carbons (Fsp3) is 0.269. The molecule has 5 nitrogen and oxygen atoms in total. The molecule has 7 heteroatoms. The van der Waals surface area contributed by atoms with Gasteiger partial charge in [-0.2, -0.15) is 0 Å². The Balaban J connectivity index is 1.40. The molecule has 0 radical (unpaired) electrons. The smallest absolute Gasteiger partial charge is 0.226 e. The molecule has 3 aromatic carbocycles. The zero-order valence-electron chi connectivity index (χ0n) is 19.0. The summed E-state index contributed by atoms with van der Waals surface area (Å²) in [4.78, 5) is 19.3. The monoisotopic (exact) mass is 482 g/mol. The number of carbonyl (C=O) groups is 1. The first-order chi connectivity index (χ1) is 16.0. The molecule has 0 spiro atoms. The molecule has 0 unspecified atom stereocenters. The van der Waals surface area contributed by atoms with Crippen molar-refractivity contribution in [1.29, 1.82) is 0 Å². The second-order valence-electron chi connectivity index (χ2n) is 7.87. The van der Waals surface area contributed by atoms with Crippen LogP contribution < -0.4 is 14.4 Å². The molecule has 0 N–H and O–H groups in total. The molecule has 0 fully saturated rings. The van der Waals surface area contributed by atoms with Gasteiger partial charge in [0.05, 0.1) is 32.0 Å². The summed E-state index contributed by atoms with van der Waals surface area (Å²) >= 11 is 8.07. The molecule has 3 aromatic rings. The van der Waals surface area contributed by atoms with Crippen molar-refractivity contribution < 1.29 is 14.3 Å². The minimum atomic E-state index is 0.0697. The lowest BCUT2D eigenvalue weighted by Crippen LogP contribution is -2.32. The van der Waals surface area contributed by atoms with Crippen molar-refractivity contribution in [1.82, 2.24) is 4.90 Å². The molecule has 1 aliphatic heterocycles. The lowest BCUT2D eigenvalue weighted by atomic mass is 10.1. The van der Waals surface area contributed by atoms with Crippen molar-refractivity contribution in [2.45, 2.75) is 22.6 Å². The van der Waals surface area contributed by atoms with E-state index in [9.17, 15) is 4.79 Å². The summed E-state index contributed by atoms with van der Waals surface area (Å²) in [6, 6.07) is 20.0. The molecule has 0 saturated heterocycles. The van der Waals surface area contributed by atoms with Crippen molar-refractivity contribution in [2.24, 2.45) is 0 Å². The number of nitrogens with zero attached hydrogens (tertiary/aromatic N) is 2. The maximum absolute atomic E-state index is 12.8. The average molecular weight is 483 g/mol. The van der Waals surface area contributed by atoms with E-state index in [1.807, 2.05) is 37.4 Å². The maximum Gasteiger partial charge on any atom is 0.226 e. The van der Waals surface area contributed by atoms with Gasteiger partial charge in [0, 0.05) is 35.0 Å². The Kier molecular flexibility index (Phi) is 7.36. The Bertz CT molecular complexity index is 1150. The van der Waals surface area contributed by atoms with E-state index in [1.165, 1.54) is 15.5 Å². The molecule has 0 saturated carbocycles. The molecule has 172 valence electrons. The van der Waals surface area contributed by atoms with E-state index in [0.29, 0.717) is 24.5 Å². The minimum Gasteiger partial charge on any atom is -0.493 e. The molecule has 1 amide bonds. The van der Waals surface area contributed by atoms with Crippen LogP contribution in [-0.4, -0.2) is 45.2 Å². The second kappa shape index (κ2) is 10.4. The molecule has 4 rings (SSSR count). The standard InChI is InChI=1S/C26H27ClN2O3S/c1-28(26(30)16-18-9-11-22(31-2)23(15-18)32-3)13-6-14-29-20-7-4-5-8-24(20)33-25-12-10-19(27)17-21(25)29/h4-5,7-12,15,17H,6,13-14,16H2,1-3H3. The number of amides is 1. The van der Waals surface area contributed by atoms with Crippen LogP contribution in [0.2, 0.25) is 5.02 Å². The predicted octanol–water partition coefficient (Wildman–Crippen LogP) is 6.05. The van der Waals surface area contributed by atoms with E-state index in [1.54, 1.807) is 30.9 Å². The number of halogens is 1. The van der Waals surface area contributed by atoms with Crippen LogP contribution in [0.4, 0.5) is 11.4 Å². The van der Waals surface area contributed by atoms with Crippen LogP contribution in [0.15, 0.2) is 70.5 Å². The number of methoxy groups -OCH3 is 2. The van der Waals surface area contributed by atoms with E-state index in [-0.39, 0.29) is 5.91 Å². The summed E-state index contributed by atoms with van der Waals surface area (Å²) < 4.78 is 10.6. The van der Waals surface area contributed by atoms with E-state index >= 15 is 0 Å². The topological polar surface area (TPSA) is 42.0 Å². The molecular weight excluding hydrogens is 456 g/mol. The zero-order chi connectivity index (χ0) is 23.4. The molecule has 0 aliphatic carbocycles. The quantitative estimate of drug-likeness (QED) is 0.391. The number of rotatable bonds is 8. The van der Waals surface area contributed by atoms with Gasteiger partial charge in [-0.05, 0) is 54.4 Å². The van der Waals surface area contributed by atoms with Gasteiger partial charge in [0.2, 0.25) is 5.91 Å². The lowest BCUT2D eigenvalue weighted by Gasteiger charge is -2.33. The highest BCUT2D eigenvalue weighted by Gasteiger charge is 2.23. The first-order valence-corrected chi connectivity index (χ1v) is 12.0. The number of likely N-dealkylation sites (N-methyl/N-ethyl adjacent to an activating group) is 1. The van der Waals surface area contributed by atoms with Gasteiger partial charge in [-0.15, -0.1) is 0 Å². The van der Waals surface area contributed by atoms with Crippen molar-refractivity contribution >= 4 is 40.6 Å².